The van der Waals surface area contributed by atoms with E-state index in [2.05, 4.69) is 4.98 Å². The number of aliphatic carboxylic acids is 1. The number of nitrogens with two attached hydrogens (primary N) is 1. The summed E-state index contributed by atoms with van der Waals surface area (Å²) in [4.78, 5) is 13.1. The van der Waals surface area contributed by atoms with Crippen LogP contribution in [-0.2, 0) is 4.79 Å². The molecule has 6 heteroatoms. The molecule has 2 rings (SSSR count). The van der Waals surface area contributed by atoms with Gasteiger partial charge >= 0.3 is 5.97 Å². The van der Waals surface area contributed by atoms with Crippen molar-refractivity contribution in [1.82, 2.24) is 4.98 Å². The van der Waals surface area contributed by atoms with Crippen LogP contribution in [0.25, 0.3) is 10.9 Å². The summed E-state index contributed by atoms with van der Waals surface area (Å²) in [7, 11) is 0. The maximum absolute atomic E-state index is 13.9. The molecular weight excluding hydrogens is 230 g/mol. The van der Waals surface area contributed by atoms with Gasteiger partial charge in [-0.15, -0.1) is 0 Å². The van der Waals surface area contributed by atoms with Gasteiger partial charge in [0.25, 0.3) is 0 Å². The minimum Gasteiger partial charge on any atom is -0.481 e. The average Bonchev–Trinajstić information content (AvgIpc) is 2.64. The molecule has 0 aliphatic carbocycles. The minimum absolute atomic E-state index is 0.127. The van der Waals surface area contributed by atoms with Gasteiger partial charge in [0.05, 0.1) is 11.9 Å². The highest BCUT2D eigenvalue weighted by Gasteiger charge is 2.22. The van der Waals surface area contributed by atoms with E-state index in [0.717, 1.165) is 6.07 Å². The number of benzene rings is 1. The maximum Gasteiger partial charge on any atom is 0.305 e. The van der Waals surface area contributed by atoms with E-state index >= 15 is 0 Å². The lowest BCUT2D eigenvalue weighted by Gasteiger charge is -2.12. The van der Waals surface area contributed by atoms with Crippen molar-refractivity contribution < 1.29 is 18.7 Å². The van der Waals surface area contributed by atoms with Crippen molar-refractivity contribution in [2.45, 2.75) is 12.5 Å². The van der Waals surface area contributed by atoms with Gasteiger partial charge < -0.3 is 15.8 Å². The second-order valence-corrected chi connectivity index (χ2v) is 3.73. The van der Waals surface area contributed by atoms with Gasteiger partial charge in [-0.25, -0.2) is 8.78 Å². The molecule has 0 amide bonds. The lowest BCUT2D eigenvalue weighted by atomic mass is 10.0. The van der Waals surface area contributed by atoms with Crippen molar-refractivity contribution in [1.29, 1.82) is 0 Å². The van der Waals surface area contributed by atoms with Gasteiger partial charge in [-0.3, -0.25) is 4.79 Å². The van der Waals surface area contributed by atoms with Crippen LogP contribution in [0, 0.1) is 11.6 Å². The molecule has 4 nitrogen and oxygen atoms in total. The normalized spacial score (nSPS) is 12.9. The van der Waals surface area contributed by atoms with Gasteiger partial charge in [-0.2, -0.15) is 0 Å². The number of hydrogen-bond donors (Lipinski definition) is 3. The predicted molar refractivity (Wildman–Crippen MR) is 57.4 cm³/mol. The summed E-state index contributed by atoms with van der Waals surface area (Å²) < 4.78 is 27.6. The Labute approximate surface area is 95.0 Å². The first-order valence-corrected chi connectivity index (χ1v) is 4.93. The molecule has 0 radical (unpaired) electrons. The van der Waals surface area contributed by atoms with Crippen LogP contribution in [0.2, 0.25) is 0 Å². The molecule has 0 spiro atoms. The molecule has 1 aromatic carbocycles. The molecule has 1 unspecified atom stereocenters. The van der Waals surface area contributed by atoms with Crippen molar-refractivity contribution in [2.75, 3.05) is 0 Å². The number of rotatable bonds is 3. The van der Waals surface area contributed by atoms with Crippen LogP contribution >= 0.6 is 0 Å². The van der Waals surface area contributed by atoms with E-state index in [9.17, 15) is 13.6 Å². The van der Waals surface area contributed by atoms with E-state index in [-0.39, 0.29) is 5.52 Å². The summed E-state index contributed by atoms with van der Waals surface area (Å²) in [5.74, 6) is -2.87. The third-order valence-corrected chi connectivity index (χ3v) is 2.54. The Bertz CT molecular complexity index is 580. The maximum atomic E-state index is 13.9. The Hall–Kier alpha value is -1.95. The molecule has 0 aliphatic rings. The second-order valence-electron chi connectivity index (χ2n) is 3.73. The fourth-order valence-corrected chi connectivity index (χ4v) is 1.78. The summed E-state index contributed by atoms with van der Waals surface area (Å²) in [6.45, 7) is 0. The number of carbonyl (C=O) groups is 1. The standard InChI is InChI=1S/C11H10F2N2O2/c12-6-3-5-1-2-15-11(5)10(13)9(6)7(14)4-8(16)17/h1-3,7,15H,4,14H2,(H,16,17). The number of fused-ring (bicyclic) bond motifs is 1. The van der Waals surface area contributed by atoms with Crippen LogP contribution in [0.15, 0.2) is 18.3 Å². The first-order chi connectivity index (χ1) is 8.00. The number of carboxylic acids is 1. The zero-order valence-electron chi connectivity index (χ0n) is 8.71. The largest absolute Gasteiger partial charge is 0.481 e. The predicted octanol–water partition coefficient (Wildman–Crippen LogP) is 1.92. The molecule has 0 saturated heterocycles. The summed E-state index contributed by atoms with van der Waals surface area (Å²) in [5, 5.41) is 8.95. The van der Waals surface area contributed by atoms with Crippen molar-refractivity contribution in [3.63, 3.8) is 0 Å². The minimum atomic E-state index is -1.21. The SMILES string of the molecule is NC(CC(=O)O)c1c(F)cc2cc[nH]c2c1F. The molecule has 1 atom stereocenters. The lowest BCUT2D eigenvalue weighted by molar-refractivity contribution is -0.137. The Morgan fingerprint density at radius 2 is 2.24 bits per heavy atom. The number of carboxylic acid groups (broad SMARTS) is 1. The Kier molecular flexibility index (Phi) is 2.81. The monoisotopic (exact) mass is 240 g/mol. The molecule has 1 aromatic heterocycles. The zero-order chi connectivity index (χ0) is 12.6. The van der Waals surface area contributed by atoms with Gasteiger partial charge in [0.2, 0.25) is 0 Å². The fourth-order valence-electron chi connectivity index (χ4n) is 1.78. The van der Waals surface area contributed by atoms with Crippen LogP contribution in [0.1, 0.15) is 18.0 Å². The van der Waals surface area contributed by atoms with Gasteiger partial charge in [-0.05, 0) is 12.1 Å². The third-order valence-electron chi connectivity index (χ3n) is 2.54. The van der Waals surface area contributed by atoms with E-state index in [0.29, 0.717) is 5.39 Å². The topological polar surface area (TPSA) is 79.1 Å². The molecule has 0 aliphatic heterocycles. The molecule has 0 bridgehead atoms. The molecule has 17 heavy (non-hydrogen) atoms. The Balaban J connectivity index is 2.55. The van der Waals surface area contributed by atoms with Crippen molar-refractivity contribution >= 4 is 16.9 Å². The lowest BCUT2D eigenvalue weighted by Crippen LogP contribution is -2.18. The summed E-state index contributed by atoms with van der Waals surface area (Å²) in [6.07, 6.45) is 0.944. The quantitative estimate of drug-likeness (QED) is 0.766. The van der Waals surface area contributed by atoms with Crippen molar-refractivity contribution in [3.8, 4) is 0 Å². The Morgan fingerprint density at radius 1 is 1.53 bits per heavy atom. The summed E-state index contributed by atoms with van der Waals surface area (Å²) >= 11 is 0. The van der Waals surface area contributed by atoms with Gasteiger partial charge in [0.1, 0.15) is 5.82 Å². The highest BCUT2D eigenvalue weighted by molar-refractivity contribution is 5.81. The number of aromatic nitrogens is 1. The molecule has 0 saturated carbocycles. The smallest absolute Gasteiger partial charge is 0.305 e. The number of halogens is 2. The van der Waals surface area contributed by atoms with E-state index in [1.54, 1.807) is 0 Å². The number of aromatic amines is 1. The summed E-state index contributed by atoms with van der Waals surface area (Å²) in [5.41, 5.74) is 5.21. The van der Waals surface area contributed by atoms with E-state index in [1.807, 2.05) is 0 Å². The number of H-pyrrole nitrogens is 1. The van der Waals surface area contributed by atoms with Crippen LogP contribution < -0.4 is 5.73 Å². The van der Waals surface area contributed by atoms with E-state index < -0.39 is 35.6 Å². The highest BCUT2D eigenvalue weighted by Crippen LogP contribution is 2.27. The molecule has 0 fully saturated rings. The highest BCUT2D eigenvalue weighted by atomic mass is 19.1. The van der Waals surface area contributed by atoms with E-state index in [1.165, 1.54) is 12.3 Å². The molecular formula is C11H10F2N2O2. The molecule has 4 N–H and O–H groups in total. The first kappa shape index (κ1) is 11.5. The summed E-state index contributed by atoms with van der Waals surface area (Å²) in [6, 6.07) is 1.44. The van der Waals surface area contributed by atoms with Crippen molar-refractivity contribution in [3.05, 3.63) is 35.5 Å². The zero-order valence-corrected chi connectivity index (χ0v) is 8.71. The number of nitrogens with one attached hydrogen (secondary N) is 1. The Morgan fingerprint density at radius 3 is 2.88 bits per heavy atom. The van der Waals surface area contributed by atoms with Crippen LogP contribution in [0.4, 0.5) is 8.78 Å². The van der Waals surface area contributed by atoms with Gasteiger partial charge in [0.15, 0.2) is 5.82 Å². The molecule has 1 heterocycles. The van der Waals surface area contributed by atoms with Crippen LogP contribution in [0.3, 0.4) is 0 Å². The number of hydrogen-bond acceptors (Lipinski definition) is 2. The first-order valence-electron chi connectivity index (χ1n) is 4.93. The van der Waals surface area contributed by atoms with Crippen LogP contribution in [-0.4, -0.2) is 16.1 Å². The van der Waals surface area contributed by atoms with Crippen LogP contribution in [0.5, 0.6) is 0 Å². The van der Waals surface area contributed by atoms with Gasteiger partial charge in [-0.1, -0.05) is 0 Å². The second kappa shape index (κ2) is 4.14. The van der Waals surface area contributed by atoms with E-state index in [4.69, 9.17) is 10.8 Å². The molecule has 90 valence electrons. The fraction of sp³-hybridized carbons (Fsp3) is 0.182. The van der Waals surface area contributed by atoms with Gasteiger partial charge in [0, 0.05) is 23.2 Å². The third kappa shape index (κ3) is 1.99. The molecule has 2 aromatic rings. The average molecular weight is 240 g/mol. The van der Waals surface area contributed by atoms with Crippen molar-refractivity contribution in [2.24, 2.45) is 5.73 Å².